The van der Waals surface area contributed by atoms with Crippen LogP contribution in [0.4, 0.5) is 0 Å². The SMILES string of the molecule is CC(C)C[C@H](N)C(=O)NC1CCN2CCCC2C1. The fourth-order valence-electron chi connectivity index (χ4n) is 3.28. The Labute approximate surface area is 110 Å². The number of carbonyl (C=O) groups excluding carboxylic acids is 1. The predicted molar refractivity (Wildman–Crippen MR) is 73.2 cm³/mol. The van der Waals surface area contributed by atoms with E-state index in [1.807, 2.05) is 0 Å². The van der Waals surface area contributed by atoms with Gasteiger partial charge in [-0.15, -0.1) is 0 Å². The van der Waals surface area contributed by atoms with Gasteiger partial charge in [0.1, 0.15) is 0 Å². The van der Waals surface area contributed by atoms with Crippen molar-refractivity contribution in [1.82, 2.24) is 10.2 Å². The van der Waals surface area contributed by atoms with Crippen LogP contribution in [0.15, 0.2) is 0 Å². The second kappa shape index (κ2) is 6.02. The van der Waals surface area contributed by atoms with E-state index >= 15 is 0 Å². The van der Waals surface area contributed by atoms with Crippen molar-refractivity contribution in [2.24, 2.45) is 11.7 Å². The number of piperidine rings is 1. The van der Waals surface area contributed by atoms with Crippen LogP contribution in [0.25, 0.3) is 0 Å². The number of fused-ring (bicyclic) bond motifs is 1. The number of nitrogens with zero attached hydrogens (tertiary/aromatic N) is 1. The third-order valence-corrected chi connectivity index (χ3v) is 4.23. The van der Waals surface area contributed by atoms with E-state index in [4.69, 9.17) is 5.73 Å². The zero-order chi connectivity index (χ0) is 13.1. The van der Waals surface area contributed by atoms with Crippen molar-refractivity contribution in [2.75, 3.05) is 13.1 Å². The van der Waals surface area contributed by atoms with Crippen molar-refractivity contribution in [3.05, 3.63) is 0 Å². The number of nitrogens with one attached hydrogen (secondary N) is 1. The van der Waals surface area contributed by atoms with E-state index < -0.39 is 0 Å². The standard InChI is InChI=1S/C14H27N3O/c1-10(2)8-13(15)14(18)16-11-5-7-17-6-3-4-12(17)9-11/h10-13H,3-9,15H2,1-2H3,(H,16,18)/t11?,12?,13-/m0/s1. The molecule has 2 unspecified atom stereocenters. The fourth-order valence-corrected chi connectivity index (χ4v) is 3.28. The van der Waals surface area contributed by atoms with E-state index in [9.17, 15) is 4.79 Å². The Hall–Kier alpha value is -0.610. The second-order valence-electron chi connectivity index (χ2n) is 6.30. The molecular weight excluding hydrogens is 226 g/mol. The van der Waals surface area contributed by atoms with Crippen LogP contribution in [0.5, 0.6) is 0 Å². The number of hydrogen-bond donors (Lipinski definition) is 2. The lowest BCUT2D eigenvalue weighted by Crippen LogP contribution is -2.51. The molecule has 18 heavy (non-hydrogen) atoms. The molecule has 0 saturated carbocycles. The van der Waals surface area contributed by atoms with Crippen LogP contribution in [-0.4, -0.2) is 42.0 Å². The van der Waals surface area contributed by atoms with Crippen LogP contribution >= 0.6 is 0 Å². The van der Waals surface area contributed by atoms with E-state index in [0.29, 0.717) is 18.0 Å². The van der Waals surface area contributed by atoms with Gasteiger partial charge in [-0.1, -0.05) is 13.8 Å². The van der Waals surface area contributed by atoms with E-state index in [1.54, 1.807) is 0 Å². The van der Waals surface area contributed by atoms with Gasteiger partial charge in [0.25, 0.3) is 0 Å². The van der Waals surface area contributed by atoms with Gasteiger partial charge in [-0.3, -0.25) is 4.79 Å². The Kier molecular flexibility index (Phi) is 4.62. The van der Waals surface area contributed by atoms with Gasteiger partial charge in [-0.05, 0) is 44.6 Å². The molecule has 2 rings (SSSR count). The lowest BCUT2D eigenvalue weighted by molar-refractivity contribution is -0.123. The minimum Gasteiger partial charge on any atom is -0.352 e. The molecule has 2 saturated heterocycles. The summed E-state index contributed by atoms with van der Waals surface area (Å²) in [6.45, 7) is 6.58. The summed E-state index contributed by atoms with van der Waals surface area (Å²) >= 11 is 0. The number of hydrogen-bond acceptors (Lipinski definition) is 3. The molecule has 2 aliphatic rings. The second-order valence-corrected chi connectivity index (χ2v) is 6.30. The molecule has 0 radical (unpaired) electrons. The lowest BCUT2D eigenvalue weighted by atomic mass is 9.96. The van der Waals surface area contributed by atoms with Gasteiger partial charge in [0, 0.05) is 18.6 Å². The summed E-state index contributed by atoms with van der Waals surface area (Å²) in [5.74, 6) is 0.516. The Morgan fingerprint density at radius 2 is 2.17 bits per heavy atom. The molecule has 0 aromatic carbocycles. The fraction of sp³-hybridized carbons (Fsp3) is 0.929. The first-order valence-electron chi connectivity index (χ1n) is 7.36. The summed E-state index contributed by atoms with van der Waals surface area (Å²) in [6.07, 6.45) is 5.58. The highest BCUT2D eigenvalue weighted by Crippen LogP contribution is 2.26. The van der Waals surface area contributed by atoms with Gasteiger partial charge in [0.2, 0.25) is 5.91 Å². The molecule has 1 amide bonds. The number of amides is 1. The molecule has 2 heterocycles. The first-order chi connectivity index (χ1) is 8.56. The lowest BCUT2D eigenvalue weighted by Gasteiger charge is -2.35. The Bertz CT molecular complexity index is 293. The minimum atomic E-state index is -0.341. The summed E-state index contributed by atoms with van der Waals surface area (Å²) < 4.78 is 0. The van der Waals surface area contributed by atoms with Crippen molar-refractivity contribution in [1.29, 1.82) is 0 Å². The highest BCUT2D eigenvalue weighted by Gasteiger charge is 2.32. The minimum absolute atomic E-state index is 0.0418. The normalized spacial score (nSPS) is 30.2. The Morgan fingerprint density at radius 1 is 1.39 bits per heavy atom. The largest absolute Gasteiger partial charge is 0.352 e. The molecule has 3 atom stereocenters. The molecule has 2 aliphatic heterocycles. The molecule has 0 aromatic heterocycles. The maximum atomic E-state index is 12.0. The third-order valence-electron chi connectivity index (χ3n) is 4.23. The van der Waals surface area contributed by atoms with E-state index in [2.05, 4.69) is 24.1 Å². The number of carbonyl (C=O) groups is 1. The van der Waals surface area contributed by atoms with Crippen LogP contribution < -0.4 is 11.1 Å². The molecule has 0 aliphatic carbocycles. The van der Waals surface area contributed by atoms with Gasteiger partial charge >= 0.3 is 0 Å². The van der Waals surface area contributed by atoms with Crippen LogP contribution in [0, 0.1) is 5.92 Å². The smallest absolute Gasteiger partial charge is 0.237 e. The molecule has 0 bridgehead atoms. The van der Waals surface area contributed by atoms with Gasteiger partial charge in [-0.25, -0.2) is 0 Å². The van der Waals surface area contributed by atoms with E-state index in [-0.39, 0.29) is 11.9 Å². The van der Waals surface area contributed by atoms with E-state index in [0.717, 1.165) is 25.8 Å². The topological polar surface area (TPSA) is 58.4 Å². The van der Waals surface area contributed by atoms with E-state index in [1.165, 1.54) is 19.4 Å². The summed E-state index contributed by atoms with van der Waals surface area (Å²) in [6, 6.07) is 0.701. The quantitative estimate of drug-likeness (QED) is 0.789. The van der Waals surface area contributed by atoms with Crippen molar-refractivity contribution in [3.8, 4) is 0 Å². The molecule has 4 nitrogen and oxygen atoms in total. The summed E-state index contributed by atoms with van der Waals surface area (Å²) in [7, 11) is 0. The average Bonchev–Trinajstić information content (AvgIpc) is 2.75. The monoisotopic (exact) mass is 253 g/mol. The van der Waals surface area contributed by atoms with Crippen LogP contribution in [-0.2, 0) is 4.79 Å². The van der Waals surface area contributed by atoms with Crippen molar-refractivity contribution < 1.29 is 4.79 Å². The van der Waals surface area contributed by atoms with Crippen molar-refractivity contribution >= 4 is 5.91 Å². The molecular formula is C14H27N3O. The average molecular weight is 253 g/mol. The maximum Gasteiger partial charge on any atom is 0.237 e. The van der Waals surface area contributed by atoms with Gasteiger partial charge in [-0.2, -0.15) is 0 Å². The van der Waals surface area contributed by atoms with Gasteiger partial charge < -0.3 is 16.0 Å². The highest BCUT2D eigenvalue weighted by molar-refractivity contribution is 5.81. The third kappa shape index (κ3) is 3.45. The van der Waals surface area contributed by atoms with Gasteiger partial charge in [0.15, 0.2) is 0 Å². The van der Waals surface area contributed by atoms with Crippen molar-refractivity contribution in [3.63, 3.8) is 0 Å². The Balaban J connectivity index is 1.77. The first kappa shape index (κ1) is 13.8. The molecule has 4 heteroatoms. The van der Waals surface area contributed by atoms with Crippen LogP contribution in [0.3, 0.4) is 0 Å². The predicted octanol–water partition coefficient (Wildman–Crippen LogP) is 1.10. The molecule has 2 fully saturated rings. The molecule has 104 valence electrons. The number of rotatable bonds is 4. The molecule has 0 aromatic rings. The summed E-state index contributed by atoms with van der Waals surface area (Å²) in [5, 5.41) is 3.15. The summed E-state index contributed by atoms with van der Waals surface area (Å²) in [5.41, 5.74) is 5.92. The molecule has 3 N–H and O–H groups in total. The molecule has 0 spiro atoms. The van der Waals surface area contributed by atoms with Crippen LogP contribution in [0.2, 0.25) is 0 Å². The summed E-state index contributed by atoms with van der Waals surface area (Å²) in [4.78, 5) is 14.6. The van der Waals surface area contributed by atoms with Crippen molar-refractivity contribution in [2.45, 2.75) is 64.1 Å². The Morgan fingerprint density at radius 3 is 2.89 bits per heavy atom. The number of nitrogens with two attached hydrogens (primary N) is 1. The van der Waals surface area contributed by atoms with Gasteiger partial charge in [0.05, 0.1) is 6.04 Å². The highest BCUT2D eigenvalue weighted by atomic mass is 16.2. The zero-order valence-corrected chi connectivity index (χ0v) is 11.7. The van der Waals surface area contributed by atoms with Crippen LogP contribution in [0.1, 0.15) is 46.0 Å². The zero-order valence-electron chi connectivity index (χ0n) is 11.7. The maximum absolute atomic E-state index is 12.0. The first-order valence-corrected chi connectivity index (χ1v) is 7.36.